The van der Waals surface area contributed by atoms with Crippen molar-refractivity contribution in [2.75, 3.05) is 12.9 Å². The molecule has 5 heteroatoms. The summed E-state index contributed by atoms with van der Waals surface area (Å²) in [6, 6.07) is 0. The van der Waals surface area contributed by atoms with Gasteiger partial charge in [-0.1, -0.05) is 19.3 Å². The molecule has 1 rings (SSSR count). The van der Waals surface area contributed by atoms with Crippen molar-refractivity contribution >= 4 is 10.1 Å². The first kappa shape index (κ1) is 11.9. The number of aliphatic hydroxyl groups excluding tert-OH is 1. The lowest BCUT2D eigenvalue weighted by atomic mass is 9.85. The van der Waals surface area contributed by atoms with Gasteiger partial charge in [0, 0.05) is 0 Å². The molecule has 0 radical (unpaired) electrons. The molecule has 0 spiro atoms. The van der Waals surface area contributed by atoms with Gasteiger partial charge < -0.3 is 5.11 Å². The first-order valence-electron chi connectivity index (χ1n) is 5.01. The van der Waals surface area contributed by atoms with Crippen molar-refractivity contribution in [1.29, 1.82) is 0 Å². The predicted molar refractivity (Wildman–Crippen MR) is 53.4 cm³/mol. The van der Waals surface area contributed by atoms with Crippen LogP contribution in [0.1, 0.15) is 32.1 Å². The van der Waals surface area contributed by atoms with E-state index >= 15 is 0 Å². The Labute approximate surface area is 85.4 Å². The Bertz CT molecular complexity index is 254. The van der Waals surface area contributed by atoms with Crippen LogP contribution in [0.2, 0.25) is 0 Å². The lowest BCUT2D eigenvalue weighted by molar-refractivity contribution is 0.0437. The van der Waals surface area contributed by atoms with Gasteiger partial charge in [-0.15, -0.1) is 0 Å². The average Bonchev–Trinajstić information content (AvgIpc) is 2.14. The van der Waals surface area contributed by atoms with E-state index in [1.54, 1.807) is 0 Å². The quantitative estimate of drug-likeness (QED) is 0.718. The molecule has 1 saturated carbocycles. The van der Waals surface area contributed by atoms with Crippen LogP contribution in [0.25, 0.3) is 0 Å². The Morgan fingerprint density at radius 1 is 1.36 bits per heavy atom. The fourth-order valence-electron chi connectivity index (χ4n) is 1.85. The number of aliphatic hydroxyl groups is 1. The molecular weight excluding hydrogens is 204 g/mol. The molecule has 0 aromatic rings. The minimum atomic E-state index is -3.42. The summed E-state index contributed by atoms with van der Waals surface area (Å²) in [7, 11) is -3.42. The Morgan fingerprint density at radius 2 is 1.93 bits per heavy atom. The van der Waals surface area contributed by atoms with E-state index in [0.29, 0.717) is 0 Å². The summed E-state index contributed by atoms with van der Waals surface area (Å²) in [5.74, 6) is 0.213. The highest BCUT2D eigenvalue weighted by molar-refractivity contribution is 7.85. The van der Waals surface area contributed by atoms with Crippen LogP contribution in [0.5, 0.6) is 0 Å². The lowest BCUT2D eigenvalue weighted by Gasteiger charge is -2.25. The number of rotatable bonds is 4. The zero-order chi connectivity index (χ0) is 10.6. The first-order chi connectivity index (χ1) is 6.49. The van der Waals surface area contributed by atoms with Crippen LogP contribution >= 0.6 is 0 Å². The van der Waals surface area contributed by atoms with Gasteiger partial charge in [0.25, 0.3) is 10.1 Å². The van der Waals surface area contributed by atoms with E-state index in [1.807, 2.05) is 0 Å². The molecule has 14 heavy (non-hydrogen) atoms. The van der Waals surface area contributed by atoms with E-state index in [4.69, 9.17) is 0 Å². The third kappa shape index (κ3) is 4.39. The van der Waals surface area contributed by atoms with E-state index in [9.17, 15) is 13.5 Å². The molecule has 0 saturated heterocycles. The zero-order valence-electron chi connectivity index (χ0n) is 8.48. The van der Waals surface area contributed by atoms with Crippen molar-refractivity contribution in [3.05, 3.63) is 0 Å². The average molecular weight is 222 g/mol. The summed E-state index contributed by atoms with van der Waals surface area (Å²) in [5.41, 5.74) is 0. The lowest BCUT2D eigenvalue weighted by Crippen LogP contribution is -2.28. The highest BCUT2D eigenvalue weighted by Crippen LogP contribution is 2.26. The van der Waals surface area contributed by atoms with Gasteiger partial charge >= 0.3 is 0 Å². The summed E-state index contributed by atoms with van der Waals surface area (Å²) in [4.78, 5) is 0. The molecule has 0 bridgehead atoms. The smallest absolute Gasteiger partial charge is 0.264 e. The fourth-order valence-corrected chi connectivity index (χ4v) is 2.23. The Morgan fingerprint density at radius 3 is 2.43 bits per heavy atom. The standard InChI is InChI=1S/C9H18O4S/c1-14(11,12)13-7-9(10)8-5-3-2-4-6-8/h8-10H,2-7H2,1H3/t9-/m1/s1. The maximum atomic E-state index is 10.7. The van der Waals surface area contributed by atoms with Gasteiger partial charge in [-0.05, 0) is 18.8 Å². The minimum Gasteiger partial charge on any atom is -0.390 e. The molecule has 1 fully saturated rings. The van der Waals surface area contributed by atoms with Crippen molar-refractivity contribution in [3.63, 3.8) is 0 Å². The Kier molecular flexibility index (Phi) is 4.34. The normalized spacial score (nSPS) is 22.1. The zero-order valence-corrected chi connectivity index (χ0v) is 9.29. The molecule has 0 unspecified atom stereocenters. The third-order valence-corrected chi connectivity index (χ3v) is 3.21. The molecule has 1 atom stereocenters. The molecule has 0 heterocycles. The second kappa shape index (κ2) is 5.09. The molecule has 1 aliphatic rings. The third-order valence-electron chi connectivity index (χ3n) is 2.65. The summed E-state index contributed by atoms with van der Waals surface area (Å²) >= 11 is 0. The SMILES string of the molecule is CS(=O)(=O)OC[C@@H](O)C1CCCCC1. The molecule has 1 N–H and O–H groups in total. The van der Waals surface area contributed by atoms with Crippen molar-refractivity contribution in [3.8, 4) is 0 Å². The van der Waals surface area contributed by atoms with Gasteiger partial charge in [-0.3, -0.25) is 4.18 Å². The summed E-state index contributed by atoms with van der Waals surface area (Å²) in [6.07, 6.45) is 5.80. The predicted octanol–water partition coefficient (Wildman–Crippen LogP) is 0.904. The van der Waals surface area contributed by atoms with Crippen molar-refractivity contribution < 1.29 is 17.7 Å². The molecule has 0 aliphatic heterocycles. The van der Waals surface area contributed by atoms with Gasteiger partial charge in [0.2, 0.25) is 0 Å². The van der Waals surface area contributed by atoms with Crippen LogP contribution in [0.15, 0.2) is 0 Å². The van der Waals surface area contributed by atoms with E-state index in [1.165, 1.54) is 6.42 Å². The Balaban J connectivity index is 2.30. The molecule has 4 nitrogen and oxygen atoms in total. The van der Waals surface area contributed by atoms with Crippen LogP contribution in [-0.2, 0) is 14.3 Å². The topological polar surface area (TPSA) is 63.6 Å². The molecule has 84 valence electrons. The van der Waals surface area contributed by atoms with Gasteiger partial charge in [-0.25, -0.2) is 0 Å². The maximum absolute atomic E-state index is 10.7. The molecule has 0 amide bonds. The van der Waals surface area contributed by atoms with E-state index in [2.05, 4.69) is 4.18 Å². The summed E-state index contributed by atoms with van der Waals surface area (Å²) in [6.45, 7) is -0.0937. The van der Waals surface area contributed by atoms with Crippen LogP contribution < -0.4 is 0 Å². The van der Waals surface area contributed by atoms with Crippen molar-refractivity contribution in [2.24, 2.45) is 5.92 Å². The first-order valence-corrected chi connectivity index (χ1v) is 6.83. The fraction of sp³-hybridized carbons (Fsp3) is 1.00. The highest BCUT2D eigenvalue weighted by Gasteiger charge is 2.22. The van der Waals surface area contributed by atoms with Gasteiger partial charge in [-0.2, -0.15) is 8.42 Å². The van der Waals surface area contributed by atoms with Crippen LogP contribution in [0, 0.1) is 5.92 Å². The van der Waals surface area contributed by atoms with Gasteiger partial charge in [0.05, 0.1) is 19.0 Å². The van der Waals surface area contributed by atoms with Crippen molar-refractivity contribution in [2.45, 2.75) is 38.2 Å². The highest BCUT2D eigenvalue weighted by atomic mass is 32.2. The van der Waals surface area contributed by atoms with Crippen LogP contribution in [-0.4, -0.2) is 32.5 Å². The number of hydrogen-bond donors (Lipinski definition) is 1. The van der Waals surface area contributed by atoms with Crippen molar-refractivity contribution in [1.82, 2.24) is 0 Å². The van der Waals surface area contributed by atoms with Crippen LogP contribution in [0.4, 0.5) is 0 Å². The largest absolute Gasteiger partial charge is 0.390 e. The van der Waals surface area contributed by atoms with Gasteiger partial charge in [0.15, 0.2) is 0 Å². The Hall–Kier alpha value is -0.130. The van der Waals surface area contributed by atoms with E-state index < -0.39 is 16.2 Å². The van der Waals surface area contributed by atoms with E-state index in [-0.39, 0.29) is 12.5 Å². The molecule has 0 aromatic carbocycles. The monoisotopic (exact) mass is 222 g/mol. The van der Waals surface area contributed by atoms with E-state index in [0.717, 1.165) is 31.9 Å². The number of hydrogen-bond acceptors (Lipinski definition) is 4. The molecule has 0 aromatic heterocycles. The second-order valence-electron chi connectivity index (χ2n) is 3.95. The minimum absolute atomic E-state index is 0.0937. The summed E-state index contributed by atoms with van der Waals surface area (Å²) in [5, 5.41) is 9.65. The van der Waals surface area contributed by atoms with Gasteiger partial charge in [0.1, 0.15) is 0 Å². The van der Waals surface area contributed by atoms with Crippen LogP contribution in [0.3, 0.4) is 0 Å². The second-order valence-corrected chi connectivity index (χ2v) is 5.60. The molecule has 1 aliphatic carbocycles. The maximum Gasteiger partial charge on any atom is 0.264 e. The summed E-state index contributed by atoms with van der Waals surface area (Å²) < 4.78 is 25.9. The molecular formula is C9H18O4S.